The van der Waals surface area contributed by atoms with Gasteiger partial charge in [-0.1, -0.05) is 42.1 Å². The molecule has 1 aromatic rings. The zero-order valence-electron chi connectivity index (χ0n) is 9.31. The molecular formula is C13H17Cl2N. The molecule has 0 bridgehead atoms. The van der Waals surface area contributed by atoms with E-state index in [1.165, 1.54) is 25.7 Å². The summed E-state index contributed by atoms with van der Waals surface area (Å²) in [5.41, 5.74) is 1.13. The lowest BCUT2D eigenvalue weighted by atomic mass is 10.1. The molecule has 0 aromatic heterocycles. The Morgan fingerprint density at radius 3 is 2.62 bits per heavy atom. The van der Waals surface area contributed by atoms with Crippen molar-refractivity contribution in [2.24, 2.45) is 5.92 Å². The van der Waals surface area contributed by atoms with Crippen LogP contribution in [0.4, 0.5) is 0 Å². The smallest absolute Gasteiger partial charge is 0.0465 e. The second-order valence-electron chi connectivity index (χ2n) is 4.52. The molecule has 0 atom stereocenters. The molecule has 1 fully saturated rings. The summed E-state index contributed by atoms with van der Waals surface area (Å²) in [6, 6.07) is 5.68. The molecule has 1 nitrogen and oxygen atoms in total. The van der Waals surface area contributed by atoms with Gasteiger partial charge in [0.1, 0.15) is 0 Å². The van der Waals surface area contributed by atoms with Crippen LogP contribution in [0.15, 0.2) is 18.2 Å². The van der Waals surface area contributed by atoms with Gasteiger partial charge in [-0.05, 0) is 43.0 Å². The highest BCUT2D eigenvalue weighted by Crippen LogP contribution is 2.24. The van der Waals surface area contributed by atoms with Crippen molar-refractivity contribution in [1.29, 1.82) is 0 Å². The third kappa shape index (κ3) is 3.38. The molecule has 2 rings (SSSR count). The van der Waals surface area contributed by atoms with Gasteiger partial charge in [-0.3, -0.25) is 0 Å². The molecule has 0 saturated heterocycles. The molecular weight excluding hydrogens is 241 g/mol. The first-order valence-corrected chi connectivity index (χ1v) is 6.66. The minimum absolute atomic E-state index is 0.699. The number of rotatable bonds is 4. The highest BCUT2D eigenvalue weighted by atomic mass is 35.5. The van der Waals surface area contributed by atoms with Crippen molar-refractivity contribution in [2.75, 3.05) is 6.54 Å². The topological polar surface area (TPSA) is 12.0 Å². The average molecular weight is 258 g/mol. The van der Waals surface area contributed by atoms with Gasteiger partial charge in [0.2, 0.25) is 0 Å². The number of halogens is 2. The molecule has 1 saturated carbocycles. The maximum absolute atomic E-state index is 6.10. The van der Waals surface area contributed by atoms with Gasteiger partial charge in [-0.15, -0.1) is 0 Å². The van der Waals surface area contributed by atoms with Gasteiger partial charge in [0.05, 0.1) is 0 Å². The largest absolute Gasteiger partial charge is 0.312 e. The van der Waals surface area contributed by atoms with Gasteiger partial charge in [0.25, 0.3) is 0 Å². The molecule has 1 aliphatic rings. The van der Waals surface area contributed by atoms with Crippen molar-refractivity contribution < 1.29 is 0 Å². The van der Waals surface area contributed by atoms with Crippen LogP contribution in [-0.2, 0) is 6.54 Å². The van der Waals surface area contributed by atoms with Crippen LogP contribution in [0.1, 0.15) is 31.2 Å². The molecule has 0 heterocycles. The second kappa shape index (κ2) is 5.90. The molecule has 88 valence electrons. The third-order valence-electron chi connectivity index (χ3n) is 3.24. The minimum Gasteiger partial charge on any atom is -0.312 e. The number of benzene rings is 1. The molecule has 0 aliphatic heterocycles. The standard InChI is InChI=1S/C13H17Cl2N/c14-12-6-5-11(13(15)7-12)9-16-8-10-3-1-2-4-10/h5-7,10,16H,1-4,8-9H2. The molecule has 3 heteroatoms. The van der Waals surface area contributed by atoms with Crippen molar-refractivity contribution in [3.63, 3.8) is 0 Å². The molecule has 16 heavy (non-hydrogen) atoms. The molecule has 1 N–H and O–H groups in total. The summed E-state index contributed by atoms with van der Waals surface area (Å²) in [5.74, 6) is 0.867. The Balaban J connectivity index is 1.80. The van der Waals surface area contributed by atoms with Crippen LogP contribution in [0.5, 0.6) is 0 Å². The summed E-state index contributed by atoms with van der Waals surface area (Å²) in [5, 5.41) is 4.93. The Bertz CT molecular complexity index is 346. The first-order chi connectivity index (χ1) is 7.75. The number of hydrogen-bond donors (Lipinski definition) is 1. The van der Waals surface area contributed by atoms with Gasteiger partial charge < -0.3 is 5.32 Å². The summed E-state index contributed by atoms with van der Waals surface area (Å²) >= 11 is 12.0. The lowest BCUT2D eigenvalue weighted by molar-refractivity contribution is 0.489. The molecule has 0 amide bonds. The lowest BCUT2D eigenvalue weighted by Crippen LogP contribution is -2.20. The Hall–Kier alpha value is -0.240. The highest BCUT2D eigenvalue weighted by molar-refractivity contribution is 6.35. The van der Waals surface area contributed by atoms with Gasteiger partial charge in [-0.25, -0.2) is 0 Å². The fraction of sp³-hybridized carbons (Fsp3) is 0.538. The van der Waals surface area contributed by atoms with E-state index < -0.39 is 0 Å². The predicted octanol–water partition coefficient (Wildman–Crippen LogP) is 4.27. The maximum Gasteiger partial charge on any atom is 0.0465 e. The van der Waals surface area contributed by atoms with Crippen molar-refractivity contribution in [2.45, 2.75) is 32.2 Å². The quantitative estimate of drug-likeness (QED) is 0.850. The SMILES string of the molecule is Clc1ccc(CNCC2CCCC2)c(Cl)c1. The molecule has 1 aromatic carbocycles. The highest BCUT2D eigenvalue weighted by Gasteiger charge is 2.14. The summed E-state index contributed by atoms with van der Waals surface area (Å²) in [7, 11) is 0. The normalized spacial score (nSPS) is 16.9. The third-order valence-corrected chi connectivity index (χ3v) is 3.83. The Kier molecular flexibility index (Phi) is 4.51. The first-order valence-electron chi connectivity index (χ1n) is 5.90. The number of nitrogens with one attached hydrogen (secondary N) is 1. The van der Waals surface area contributed by atoms with Crippen molar-refractivity contribution in [3.8, 4) is 0 Å². The Morgan fingerprint density at radius 2 is 1.94 bits per heavy atom. The van der Waals surface area contributed by atoms with Crippen LogP contribution < -0.4 is 5.32 Å². The first kappa shape index (κ1) is 12.2. The second-order valence-corrected chi connectivity index (χ2v) is 5.36. The number of hydrogen-bond acceptors (Lipinski definition) is 1. The van der Waals surface area contributed by atoms with E-state index in [1.54, 1.807) is 6.07 Å². The molecule has 0 unspecified atom stereocenters. The molecule has 0 spiro atoms. The van der Waals surface area contributed by atoms with Gasteiger partial charge in [-0.2, -0.15) is 0 Å². The van der Waals surface area contributed by atoms with Crippen molar-refractivity contribution in [1.82, 2.24) is 5.32 Å². The van der Waals surface area contributed by atoms with E-state index in [0.29, 0.717) is 5.02 Å². The summed E-state index contributed by atoms with van der Waals surface area (Å²) in [4.78, 5) is 0. The lowest BCUT2D eigenvalue weighted by Gasteiger charge is -2.11. The van der Waals surface area contributed by atoms with E-state index in [9.17, 15) is 0 Å². The van der Waals surface area contributed by atoms with Crippen LogP contribution in [0.3, 0.4) is 0 Å². The molecule has 0 radical (unpaired) electrons. The van der Waals surface area contributed by atoms with Crippen LogP contribution in [-0.4, -0.2) is 6.54 Å². The fourth-order valence-corrected chi connectivity index (χ4v) is 2.77. The van der Waals surface area contributed by atoms with E-state index >= 15 is 0 Å². The van der Waals surface area contributed by atoms with Gasteiger partial charge >= 0.3 is 0 Å². The monoisotopic (exact) mass is 257 g/mol. The average Bonchev–Trinajstić information content (AvgIpc) is 2.74. The molecule has 1 aliphatic carbocycles. The van der Waals surface area contributed by atoms with E-state index in [0.717, 1.165) is 29.6 Å². The van der Waals surface area contributed by atoms with Crippen molar-refractivity contribution in [3.05, 3.63) is 33.8 Å². The summed E-state index contributed by atoms with van der Waals surface area (Å²) < 4.78 is 0. The Labute approximate surface area is 107 Å². The van der Waals surface area contributed by atoms with E-state index in [1.807, 2.05) is 12.1 Å². The summed E-state index contributed by atoms with van der Waals surface area (Å²) in [6.07, 6.45) is 5.55. The predicted molar refractivity (Wildman–Crippen MR) is 70.1 cm³/mol. The van der Waals surface area contributed by atoms with Crippen LogP contribution >= 0.6 is 23.2 Å². The van der Waals surface area contributed by atoms with E-state index in [-0.39, 0.29) is 0 Å². The van der Waals surface area contributed by atoms with Crippen molar-refractivity contribution >= 4 is 23.2 Å². The van der Waals surface area contributed by atoms with E-state index in [4.69, 9.17) is 23.2 Å². The van der Waals surface area contributed by atoms with Gasteiger partial charge in [0, 0.05) is 16.6 Å². The zero-order chi connectivity index (χ0) is 11.4. The fourth-order valence-electron chi connectivity index (χ4n) is 2.29. The van der Waals surface area contributed by atoms with Crippen LogP contribution in [0.2, 0.25) is 10.0 Å². The zero-order valence-corrected chi connectivity index (χ0v) is 10.8. The Morgan fingerprint density at radius 1 is 1.19 bits per heavy atom. The van der Waals surface area contributed by atoms with Crippen LogP contribution in [0, 0.1) is 5.92 Å². The minimum atomic E-state index is 0.699. The van der Waals surface area contributed by atoms with E-state index in [2.05, 4.69) is 5.32 Å². The van der Waals surface area contributed by atoms with Crippen LogP contribution in [0.25, 0.3) is 0 Å². The van der Waals surface area contributed by atoms with Gasteiger partial charge in [0.15, 0.2) is 0 Å². The maximum atomic E-state index is 6.10. The summed E-state index contributed by atoms with van der Waals surface area (Å²) in [6.45, 7) is 1.95.